The highest BCUT2D eigenvalue weighted by Crippen LogP contribution is 2.47. The summed E-state index contributed by atoms with van der Waals surface area (Å²) in [6, 6.07) is 5.53. The Morgan fingerprint density at radius 1 is 1.17 bits per heavy atom. The molecular weight excluding hydrogens is 710 g/mol. The minimum absolute atomic E-state index is 0.0162. The van der Waals surface area contributed by atoms with Crippen LogP contribution < -0.4 is 24.8 Å². The average Bonchev–Trinajstić information content (AvgIpc) is 3.96. The van der Waals surface area contributed by atoms with Crippen LogP contribution in [0.15, 0.2) is 42.6 Å². The molecule has 0 radical (unpaired) electrons. The highest BCUT2D eigenvalue weighted by atomic mass is 35.5. The molecule has 6 rings (SSSR count). The number of carbonyl (C=O) groups excluding carboxylic acids is 3. The second-order valence-corrected chi connectivity index (χ2v) is 17.0. The van der Waals surface area contributed by atoms with E-state index in [1.54, 1.807) is 43.0 Å². The van der Waals surface area contributed by atoms with Gasteiger partial charge in [-0.1, -0.05) is 37.6 Å². The first kappa shape index (κ1) is 37.4. The van der Waals surface area contributed by atoms with Crippen LogP contribution in [0, 0.1) is 5.92 Å². The van der Waals surface area contributed by atoms with E-state index in [1.807, 2.05) is 32.1 Å². The molecule has 2 aliphatic carbocycles. The van der Waals surface area contributed by atoms with Crippen LogP contribution in [0.25, 0.3) is 16.7 Å². The van der Waals surface area contributed by atoms with Crippen molar-refractivity contribution in [1.82, 2.24) is 35.0 Å². The van der Waals surface area contributed by atoms with Crippen molar-refractivity contribution in [1.29, 1.82) is 0 Å². The average molecular weight is 756 g/mol. The van der Waals surface area contributed by atoms with Crippen molar-refractivity contribution in [2.24, 2.45) is 5.92 Å². The van der Waals surface area contributed by atoms with Crippen LogP contribution in [-0.2, 0) is 19.6 Å². The molecule has 2 unspecified atom stereocenters. The van der Waals surface area contributed by atoms with E-state index in [2.05, 4.69) is 20.5 Å². The van der Waals surface area contributed by atoms with Crippen molar-refractivity contribution >= 4 is 50.4 Å². The number of rotatable bonds is 10. The molecule has 0 spiro atoms. The monoisotopic (exact) mass is 755 g/mol. The summed E-state index contributed by atoms with van der Waals surface area (Å²) in [4.78, 5) is 47.2. The number of pyridine rings is 1. The highest BCUT2D eigenvalue weighted by Gasteiger charge is 2.62. The first-order valence-corrected chi connectivity index (χ1v) is 19.5. The highest BCUT2D eigenvalue weighted by molar-refractivity contribution is 7.91. The standard InChI is InChI=1S/C36H46ClN7O7S/c1-22(2)25-13-18-44(41-25)29-20-28(24-11-12-27(50-5)30(37)31(24)39-29)51-19-14-26-32(45)40-36(33(46)42-52(48,49)35(3)15-16-35)21-23(36)10-8-6-7-9-17-43(4)34(47)38-26/h8,10-13,18,20,22-23,26H,6-7,9,14-17,19,21H2,1-5H3,(H,38,47)(H,40,45)(H,42,46)/b10-8-/t23?,26?,36-/m1/s1. The zero-order valence-electron chi connectivity index (χ0n) is 30.1. The lowest BCUT2D eigenvalue weighted by atomic mass is 10.1. The van der Waals surface area contributed by atoms with Crippen molar-refractivity contribution in [3.63, 3.8) is 0 Å². The summed E-state index contributed by atoms with van der Waals surface area (Å²) in [6.07, 6.45) is 9.03. The molecule has 52 heavy (non-hydrogen) atoms. The SMILES string of the molecule is COc1ccc2c(OCCC3NC(=O)N(C)CCCC/C=C\C4C[C@@]4(C(=O)NS(=O)(=O)C4(C)CC4)NC3=O)cc(-n3ccc(C(C)C)n3)nc2c1Cl. The molecule has 1 aliphatic heterocycles. The van der Waals surface area contributed by atoms with Crippen LogP contribution in [0.4, 0.5) is 4.79 Å². The lowest BCUT2D eigenvalue weighted by Crippen LogP contribution is -2.58. The first-order valence-electron chi connectivity index (χ1n) is 17.6. The topological polar surface area (TPSA) is 174 Å². The number of fused-ring (bicyclic) bond motifs is 2. The predicted octanol–water partition coefficient (Wildman–Crippen LogP) is 4.60. The number of ether oxygens (including phenoxy) is 2. The molecule has 2 saturated carbocycles. The van der Waals surface area contributed by atoms with Gasteiger partial charge in [0, 0.05) is 43.6 Å². The van der Waals surface area contributed by atoms with Crippen LogP contribution in [0.2, 0.25) is 5.02 Å². The number of urea groups is 1. The minimum atomic E-state index is -3.95. The number of carbonyl (C=O) groups is 3. The maximum atomic E-state index is 14.0. The molecule has 3 N–H and O–H groups in total. The Labute approximate surface area is 308 Å². The van der Waals surface area contributed by atoms with E-state index in [1.165, 1.54) is 12.0 Å². The lowest BCUT2D eigenvalue weighted by Gasteiger charge is -2.26. The summed E-state index contributed by atoms with van der Waals surface area (Å²) < 4.78 is 40.7. The van der Waals surface area contributed by atoms with Gasteiger partial charge in [-0.3, -0.25) is 14.3 Å². The smallest absolute Gasteiger partial charge is 0.317 e. The molecule has 3 heterocycles. The van der Waals surface area contributed by atoms with E-state index in [0.717, 1.165) is 25.0 Å². The molecule has 0 bridgehead atoms. The quantitative estimate of drug-likeness (QED) is 0.250. The summed E-state index contributed by atoms with van der Waals surface area (Å²) in [7, 11) is -0.785. The van der Waals surface area contributed by atoms with Gasteiger partial charge < -0.3 is 25.0 Å². The number of amides is 4. The molecule has 3 atom stereocenters. The van der Waals surface area contributed by atoms with Gasteiger partial charge in [-0.25, -0.2) is 22.9 Å². The van der Waals surface area contributed by atoms with Gasteiger partial charge in [0.2, 0.25) is 15.9 Å². The Hall–Kier alpha value is -4.37. The van der Waals surface area contributed by atoms with Crippen molar-refractivity contribution in [3.05, 3.63) is 53.3 Å². The van der Waals surface area contributed by atoms with Crippen LogP contribution >= 0.6 is 11.6 Å². The van der Waals surface area contributed by atoms with Crippen molar-refractivity contribution in [3.8, 4) is 17.3 Å². The third-order valence-corrected chi connectivity index (χ3v) is 12.7. The third kappa shape index (κ3) is 7.56. The van der Waals surface area contributed by atoms with E-state index >= 15 is 0 Å². The van der Waals surface area contributed by atoms with Gasteiger partial charge in [-0.05, 0) is 69.6 Å². The van der Waals surface area contributed by atoms with Crippen LogP contribution in [-0.4, -0.2) is 89.6 Å². The first-order chi connectivity index (χ1) is 24.7. The van der Waals surface area contributed by atoms with Gasteiger partial charge in [0.1, 0.15) is 28.1 Å². The van der Waals surface area contributed by atoms with Gasteiger partial charge in [0.15, 0.2) is 5.82 Å². The molecule has 14 nitrogen and oxygen atoms in total. The van der Waals surface area contributed by atoms with Crippen LogP contribution in [0.1, 0.15) is 77.3 Å². The summed E-state index contributed by atoms with van der Waals surface area (Å²) in [5.41, 5.74) is -0.173. The maximum absolute atomic E-state index is 14.0. The number of sulfonamides is 1. The minimum Gasteiger partial charge on any atom is -0.495 e. The normalized spacial score (nSPS) is 23.9. The number of nitrogens with zero attached hydrogens (tertiary/aromatic N) is 4. The van der Waals surface area contributed by atoms with E-state index in [9.17, 15) is 22.8 Å². The molecule has 0 saturated heterocycles. The van der Waals surface area contributed by atoms with Crippen molar-refractivity contribution in [2.45, 2.75) is 88.0 Å². The molecule has 1 aromatic carbocycles. The fraction of sp³-hybridized carbons (Fsp3) is 0.528. The number of hydrogen-bond acceptors (Lipinski definition) is 9. The Balaban J connectivity index is 1.27. The summed E-state index contributed by atoms with van der Waals surface area (Å²) in [5.74, 6) is -0.325. The van der Waals surface area contributed by atoms with Gasteiger partial charge in [-0.15, -0.1) is 0 Å². The molecule has 2 fully saturated rings. The number of aromatic nitrogens is 3. The van der Waals surface area contributed by atoms with Gasteiger partial charge >= 0.3 is 6.03 Å². The predicted molar refractivity (Wildman–Crippen MR) is 196 cm³/mol. The summed E-state index contributed by atoms with van der Waals surface area (Å²) >= 11 is 6.71. The maximum Gasteiger partial charge on any atom is 0.317 e. The number of allylic oxidation sites excluding steroid dienone is 1. The fourth-order valence-corrected chi connectivity index (χ4v) is 7.82. The lowest BCUT2D eigenvalue weighted by molar-refractivity contribution is -0.130. The number of halogens is 1. The zero-order valence-corrected chi connectivity index (χ0v) is 31.6. The molecule has 2 aromatic heterocycles. The Kier molecular flexibility index (Phi) is 10.5. The largest absolute Gasteiger partial charge is 0.495 e. The van der Waals surface area contributed by atoms with Crippen molar-refractivity contribution in [2.75, 3.05) is 27.3 Å². The summed E-state index contributed by atoms with van der Waals surface area (Å²) in [6.45, 7) is 6.13. The van der Waals surface area contributed by atoms with Crippen molar-refractivity contribution < 1.29 is 32.3 Å². The van der Waals surface area contributed by atoms with Crippen LogP contribution in [0.3, 0.4) is 0 Å². The summed E-state index contributed by atoms with van der Waals surface area (Å²) in [5, 5.41) is 11.2. The number of nitrogens with one attached hydrogen (secondary N) is 3. The Morgan fingerprint density at radius 3 is 2.63 bits per heavy atom. The number of benzene rings is 1. The second kappa shape index (κ2) is 14.6. The molecule has 3 aliphatic rings. The van der Waals surface area contributed by atoms with E-state index in [0.29, 0.717) is 47.6 Å². The zero-order chi connectivity index (χ0) is 37.4. The number of hydrogen-bond donors (Lipinski definition) is 3. The van der Waals surface area contributed by atoms with Gasteiger partial charge in [0.25, 0.3) is 5.91 Å². The van der Waals surface area contributed by atoms with E-state index in [4.69, 9.17) is 26.1 Å². The number of methoxy groups -OCH3 is 1. The Morgan fingerprint density at radius 2 is 1.94 bits per heavy atom. The molecular formula is C36H46ClN7O7S. The fourth-order valence-electron chi connectivity index (χ4n) is 6.22. The molecule has 280 valence electrons. The second-order valence-electron chi connectivity index (χ2n) is 14.4. The molecule has 16 heteroatoms. The third-order valence-electron chi connectivity index (χ3n) is 10.2. The van der Waals surface area contributed by atoms with Crippen LogP contribution in [0.5, 0.6) is 11.5 Å². The van der Waals surface area contributed by atoms with Gasteiger partial charge in [0.05, 0.1) is 29.7 Å². The van der Waals surface area contributed by atoms with E-state index in [-0.39, 0.29) is 30.4 Å². The molecule has 3 aromatic rings. The van der Waals surface area contributed by atoms with Gasteiger partial charge in [-0.2, -0.15) is 5.10 Å². The molecule has 4 amide bonds. The Bertz CT molecular complexity index is 2010. The van der Waals surface area contributed by atoms with E-state index < -0.39 is 50.1 Å².